The smallest absolute Gasteiger partial charge is 0.277 e. The Balaban J connectivity index is 1.60. The van der Waals surface area contributed by atoms with Gasteiger partial charge in [0.05, 0.1) is 23.5 Å². The Labute approximate surface area is 196 Å². The summed E-state index contributed by atoms with van der Waals surface area (Å²) in [5, 5.41) is 26.2. The zero-order chi connectivity index (χ0) is 22.9. The molecule has 0 spiro atoms. The van der Waals surface area contributed by atoms with Gasteiger partial charge >= 0.3 is 0 Å². The summed E-state index contributed by atoms with van der Waals surface area (Å²) in [5.74, 6) is -2.39. The summed E-state index contributed by atoms with van der Waals surface area (Å²) in [6.45, 7) is 0.838. The topological polar surface area (TPSA) is 76.5 Å². The monoisotopic (exact) mass is 491 g/mol. The molecule has 1 aromatic carbocycles. The first-order chi connectivity index (χ1) is 16.0. The molecule has 172 valence electrons. The van der Waals surface area contributed by atoms with Crippen molar-refractivity contribution in [2.45, 2.75) is 28.3 Å². The van der Waals surface area contributed by atoms with Gasteiger partial charge in [-0.05, 0) is 29.2 Å². The van der Waals surface area contributed by atoms with Crippen molar-refractivity contribution in [1.29, 1.82) is 0 Å². The molecule has 0 saturated carbocycles. The molecule has 2 saturated heterocycles. The molecule has 1 amide bonds. The van der Waals surface area contributed by atoms with Gasteiger partial charge in [0, 0.05) is 29.6 Å². The number of carbonyl (C=O) groups excluding carboxylic acids is 1. The summed E-state index contributed by atoms with van der Waals surface area (Å²) in [4.78, 5) is 14.9. The molecule has 0 aliphatic carbocycles. The first kappa shape index (κ1) is 21.1. The molecule has 11 heteroatoms. The summed E-state index contributed by atoms with van der Waals surface area (Å²) in [7, 11) is 0. The standard InChI is InChI=1S/C22H19F2N3O4S2/c23-14-2-1-11-13(17(14)24)10-33-22-12(4-8-32-22)18(11)27-16-9-31-7-6-25(16)21(30)19-20(29)15(28)3-5-26(19)27/h1-5,8,15-16,18,28-29H,6-7,9-10H2. The van der Waals surface area contributed by atoms with Crippen molar-refractivity contribution in [2.24, 2.45) is 0 Å². The molecule has 33 heavy (non-hydrogen) atoms. The van der Waals surface area contributed by atoms with Crippen molar-refractivity contribution in [1.82, 2.24) is 14.9 Å². The van der Waals surface area contributed by atoms with E-state index >= 15 is 0 Å². The number of hydrogen-bond donors (Lipinski definition) is 2. The number of fused-ring (bicyclic) bond motifs is 4. The Bertz CT molecular complexity index is 1220. The van der Waals surface area contributed by atoms with Crippen molar-refractivity contribution in [3.05, 3.63) is 75.6 Å². The van der Waals surface area contributed by atoms with Gasteiger partial charge in [-0.15, -0.1) is 23.1 Å². The largest absolute Gasteiger partial charge is 0.507 e. The van der Waals surface area contributed by atoms with E-state index in [1.165, 1.54) is 40.4 Å². The molecule has 6 rings (SSSR count). The summed E-state index contributed by atoms with van der Waals surface area (Å²) in [6, 6.07) is 4.07. The first-order valence-electron chi connectivity index (χ1n) is 10.4. The number of rotatable bonds is 1. The van der Waals surface area contributed by atoms with E-state index in [0.717, 1.165) is 15.8 Å². The average Bonchev–Trinajstić information content (AvgIpc) is 3.22. The minimum atomic E-state index is -1.31. The van der Waals surface area contributed by atoms with Crippen LogP contribution in [-0.4, -0.2) is 63.1 Å². The van der Waals surface area contributed by atoms with Gasteiger partial charge in [0.2, 0.25) is 0 Å². The van der Waals surface area contributed by atoms with Crippen LogP contribution in [0.4, 0.5) is 8.78 Å². The highest BCUT2D eigenvalue weighted by Crippen LogP contribution is 2.49. The molecule has 1 aromatic heterocycles. The van der Waals surface area contributed by atoms with Gasteiger partial charge in [-0.1, -0.05) is 6.07 Å². The fraction of sp³-hybridized carbons (Fsp3) is 0.318. The Hall–Kier alpha value is -2.44. The third kappa shape index (κ3) is 3.07. The number of thiophene rings is 1. The fourth-order valence-electron chi connectivity index (χ4n) is 4.84. The number of hydrogen-bond acceptors (Lipinski definition) is 8. The van der Waals surface area contributed by atoms with Crippen LogP contribution in [-0.2, 0) is 15.3 Å². The average molecular weight is 492 g/mol. The molecule has 2 N–H and O–H groups in total. The molecule has 2 aromatic rings. The summed E-state index contributed by atoms with van der Waals surface area (Å²) >= 11 is 2.96. The SMILES string of the molecule is O=C1C2=C(O)C(O)C=CN2N(C2c3ccsc3SCc3c2ccc(F)c3F)C2COCCN12. The lowest BCUT2D eigenvalue weighted by molar-refractivity contribution is -0.190. The highest BCUT2D eigenvalue weighted by molar-refractivity contribution is 8.00. The number of halogens is 2. The van der Waals surface area contributed by atoms with Gasteiger partial charge < -0.3 is 19.8 Å². The van der Waals surface area contributed by atoms with Crippen LogP contribution in [0.1, 0.15) is 22.7 Å². The Morgan fingerprint density at radius 1 is 1.18 bits per heavy atom. The quantitative estimate of drug-likeness (QED) is 0.635. The number of aliphatic hydroxyl groups is 2. The van der Waals surface area contributed by atoms with Crippen LogP contribution in [0, 0.1) is 11.6 Å². The summed E-state index contributed by atoms with van der Waals surface area (Å²) in [6.07, 6.45) is 1.06. The van der Waals surface area contributed by atoms with Crippen LogP contribution >= 0.6 is 23.1 Å². The van der Waals surface area contributed by atoms with Crippen LogP contribution in [0.2, 0.25) is 0 Å². The maximum absolute atomic E-state index is 15.0. The molecule has 4 aliphatic rings. The lowest BCUT2D eigenvalue weighted by atomic mass is 9.94. The molecule has 5 heterocycles. The van der Waals surface area contributed by atoms with Crippen molar-refractivity contribution >= 4 is 29.0 Å². The van der Waals surface area contributed by atoms with Crippen molar-refractivity contribution in [3.63, 3.8) is 0 Å². The van der Waals surface area contributed by atoms with E-state index < -0.39 is 41.6 Å². The van der Waals surface area contributed by atoms with Crippen LogP contribution < -0.4 is 0 Å². The molecule has 7 nitrogen and oxygen atoms in total. The maximum Gasteiger partial charge on any atom is 0.277 e. The van der Waals surface area contributed by atoms with E-state index in [9.17, 15) is 23.8 Å². The number of amides is 1. The van der Waals surface area contributed by atoms with Crippen molar-refractivity contribution in [2.75, 3.05) is 19.8 Å². The van der Waals surface area contributed by atoms with Crippen molar-refractivity contribution in [3.8, 4) is 0 Å². The van der Waals surface area contributed by atoms with Gasteiger partial charge in [0.25, 0.3) is 5.91 Å². The number of hydrazine groups is 1. The molecule has 3 atom stereocenters. The van der Waals surface area contributed by atoms with Gasteiger partial charge in [-0.3, -0.25) is 9.80 Å². The van der Waals surface area contributed by atoms with Gasteiger partial charge in [0.15, 0.2) is 23.1 Å². The number of thioether (sulfide) groups is 1. The number of carbonyl (C=O) groups is 1. The zero-order valence-electron chi connectivity index (χ0n) is 17.1. The normalized spacial score (nSPS) is 27.1. The lowest BCUT2D eigenvalue weighted by Crippen LogP contribution is -2.67. The third-order valence-electron chi connectivity index (χ3n) is 6.37. The highest BCUT2D eigenvalue weighted by Gasteiger charge is 2.50. The van der Waals surface area contributed by atoms with E-state index in [1.54, 1.807) is 11.0 Å². The molecule has 2 fully saturated rings. The molecule has 4 aliphatic heterocycles. The van der Waals surface area contributed by atoms with E-state index in [0.29, 0.717) is 18.7 Å². The minimum absolute atomic E-state index is 0.0547. The zero-order valence-corrected chi connectivity index (χ0v) is 18.8. The van der Waals surface area contributed by atoms with E-state index in [4.69, 9.17) is 4.74 Å². The van der Waals surface area contributed by atoms with Crippen LogP contribution in [0.15, 0.2) is 51.5 Å². The number of ether oxygens (including phenoxy) is 1. The van der Waals surface area contributed by atoms with Gasteiger partial charge in [0.1, 0.15) is 12.3 Å². The van der Waals surface area contributed by atoms with E-state index in [-0.39, 0.29) is 23.6 Å². The number of benzene rings is 1. The van der Waals surface area contributed by atoms with Crippen LogP contribution in [0.3, 0.4) is 0 Å². The van der Waals surface area contributed by atoms with Crippen LogP contribution in [0.5, 0.6) is 0 Å². The summed E-state index contributed by atoms with van der Waals surface area (Å²) in [5.41, 5.74) is 1.69. The predicted molar refractivity (Wildman–Crippen MR) is 117 cm³/mol. The Morgan fingerprint density at radius 2 is 2.03 bits per heavy atom. The van der Waals surface area contributed by atoms with E-state index in [1.807, 2.05) is 16.5 Å². The van der Waals surface area contributed by atoms with Gasteiger partial charge in [-0.2, -0.15) is 5.01 Å². The lowest BCUT2D eigenvalue weighted by Gasteiger charge is -2.54. The highest BCUT2D eigenvalue weighted by atomic mass is 32.2. The predicted octanol–water partition coefficient (Wildman–Crippen LogP) is 3.10. The minimum Gasteiger partial charge on any atom is -0.507 e. The molecule has 0 radical (unpaired) electrons. The number of morpholine rings is 1. The van der Waals surface area contributed by atoms with Crippen LogP contribution in [0.25, 0.3) is 0 Å². The molecule has 3 unspecified atom stereocenters. The third-order valence-corrected chi connectivity index (χ3v) is 8.67. The second-order valence-electron chi connectivity index (χ2n) is 8.08. The Morgan fingerprint density at radius 3 is 2.88 bits per heavy atom. The second kappa shape index (κ2) is 7.81. The number of aliphatic hydroxyl groups excluding tert-OH is 2. The molecule has 0 bridgehead atoms. The molecular weight excluding hydrogens is 472 g/mol. The molecular formula is C22H19F2N3O4S2. The fourth-order valence-corrected chi connectivity index (χ4v) is 7.02. The summed E-state index contributed by atoms with van der Waals surface area (Å²) < 4.78 is 35.8. The first-order valence-corrected chi connectivity index (χ1v) is 12.3. The van der Waals surface area contributed by atoms with Crippen molar-refractivity contribution < 1.29 is 28.5 Å². The number of nitrogens with zero attached hydrogens (tertiary/aromatic N) is 3. The van der Waals surface area contributed by atoms with E-state index in [2.05, 4.69) is 0 Å². The van der Waals surface area contributed by atoms with Gasteiger partial charge in [-0.25, -0.2) is 8.78 Å². The second-order valence-corrected chi connectivity index (χ2v) is 10.2. The maximum atomic E-state index is 15.0. The Kier molecular flexibility index (Phi) is 5.00.